The fourth-order valence-electron chi connectivity index (χ4n) is 1.98. The highest BCUT2D eigenvalue weighted by Crippen LogP contribution is 2.33. The van der Waals surface area contributed by atoms with Crippen LogP contribution in [-0.2, 0) is 4.74 Å². The summed E-state index contributed by atoms with van der Waals surface area (Å²) in [5, 5.41) is 12.4. The van der Waals surface area contributed by atoms with Crippen LogP contribution in [0.25, 0.3) is 0 Å². The minimum atomic E-state index is -0.505. The molecule has 15 heavy (non-hydrogen) atoms. The molecule has 1 heterocycles. The zero-order valence-corrected chi connectivity index (χ0v) is 9.47. The fraction of sp³-hybridized carbons (Fsp3) is 0.750. The lowest BCUT2D eigenvalue weighted by Crippen LogP contribution is -2.54. The highest BCUT2D eigenvalue weighted by Gasteiger charge is 2.42. The van der Waals surface area contributed by atoms with Crippen LogP contribution in [0.2, 0.25) is 0 Å². The van der Waals surface area contributed by atoms with Gasteiger partial charge in [0.1, 0.15) is 5.54 Å². The van der Waals surface area contributed by atoms with Gasteiger partial charge < -0.3 is 4.74 Å². The summed E-state index contributed by atoms with van der Waals surface area (Å²) >= 11 is 0. The predicted octanol–water partition coefficient (Wildman–Crippen LogP) is 1.45. The van der Waals surface area contributed by atoms with E-state index in [-0.39, 0.29) is 5.60 Å². The molecule has 0 bridgehead atoms. The summed E-state index contributed by atoms with van der Waals surface area (Å²) in [5.74, 6) is 2.52. The molecule has 2 unspecified atom stereocenters. The molecule has 1 N–H and O–H groups in total. The normalized spacial score (nSPS) is 35.5. The number of terminal acetylenes is 1. The number of ether oxygens (including phenoxy) is 1. The Kier molecular flexibility index (Phi) is 3.74. The molecule has 0 aromatic rings. The number of rotatable bonds is 3. The molecule has 0 amide bonds. The summed E-state index contributed by atoms with van der Waals surface area (Å²) in [5.41, 5.74) is -0.703. The van der Waals surface area contributed by atoms with Gasteiger partial charge in [-0.2, -0.15) is 5.26 Å². The van der Waals surface area contributed by atoms with Crippen molar-refractivity contribution in [1.29, 1.82) is 5.26 Å². The quantitative estimate of drug-likeness (QED) is 0.711. The summed E-state index contributed by atoms with van der Waals surface area (Å²) in [6, 6.07) is 2.36. The van der Waals surface area contributed by atoms with Crippen molar-refractivity contribution in [2.75, 3.05) is 13.2 Å². The zero-order chi connectivity index (χ0) is 11.4. The lowest BCUT2D eigenvalue weighted by molar-refractivity contribution is -0.0897. The molecule has 2 atom stereocenters. The lowest BCUT2D eigenvalue weighted by Gasteiger charge is -2.42. The second-order valence-corrected chi connectivity index (χ2v) is 4.33. The van der Waals surface area contributed by atoms with E-state index in [0.29, 0.717) is 26.0 Å². The summed E-state index contributed by atoms with van der Waals surface area (Å²) in [6.45, 7) is 5.19. The SMILES string of the molecule is C#CCNC1(C#N)CCOC(C)(CC)C1. The van der Waals surface area contributed by atoms with E-state index in [1.165, 1.54) is 0 Å². The molecule has 3 heteroatoms. The van der Waals surface area contributed by atoms with Crippen LogP contribution in [0.4, 0.5) is 0 Å². The largest absolute Gasteiger partial charge is 0.375 e. The third kappa shape index (κ3) is 2.72. The maximum absolute atomic E-state index is 9.26. The Hall–Kier alpha value is -1.03. The minimum absolute atomic E-state index is 0.199. The second kappa shape index (κ2) is 4.66. The molecule has 3 nitrogen and oxygen atoms in total. The highest BCUT2D eigenvalue weighted by molar-refractivity contribution is 5.13. The topological polar surface area (TPSA) is 45.0 Å². The van der Waals surface area contributed by atoms with Gasteiger partial charge in [0.15, 0.2) is 0 Å². The first kappa shape index (κ1) is 12.0. The average molecular weight is 206 g/mol. The molecule has 0 aromatic heterocycles. The van der Waals surface area contributed by atoms with E-state index >= 15 is 0 Å². The third-order valence-corrected chi connectivity index (χ3v) is 3.15. The van der Waals surface area contributed by atoms with Crippen LogP contribution in [0.5, 0.6) is 0 Å². The molecule has 1 saturated heterocycles. The molecule has 1 fully saturated rings. The van der Waals surface area contributed by atoms with Gasteiger partial charge >= 0.3 is 0 Å². The highest BCUT2D eigenvalue weighted by atomic mass is 16.5. The van der Waals surface area contributed by atoms with Crippen molar-refractivity contribution in [3.05, 3.63) is 0 Å². The van der Waals surface area contributed by atoms with Crippen molar-refractivity contribution in [3.63, 3.8) is 0 Å². The van der Waals surface area contributed by atoms with Crippen LogP contribution in [-0.4, -0.2) is 24.3 Å². The monoisotopic (exact) mass is 206 g/mol. The van der Waals surface area contributed by atoms with E-state index in [1.54, 1.807) is 0 Å². The maximum atomic E-state index is 9.26. The van der Waals surface area contributed by atoms with Gasteiger partial charge in [0.25, 0.3) is 0 Å². The van der Waals surface area contributed by atoms with Crippen molar-refractivity contribution in [2.45, 2.75) is 44.2 Å². The Balaban J connectivity index is 2.74. The van der Waals surface area contributed by atoms with Crippen molar-refractivity contribution in [1.82, 2.24) is 5.32 Å². The number of hydrogen-bond acceptors (Lipinski definition) is 3. The van der Waals surface area contributed by atoms with Gasteiger partial charge in [0, 0.05) is 12.8 Å². The first-order valence-corrected chi connectivity index (χ1v) is 5.33. The van der Waals surface area contributed by atoms with Gasteiger partial charge in [-0.1, -0.05) is 12.8 Å². The van der Waals surface area contributed by atoms with Crippen LogP contribution < -0.4 is 5.32 Å². The smallest absolute Gasteiger partial charge is 0.112 e. The van der Waals surface area contributed by atoms with Crippen molar-refractivity contribution >= 4 is 0 Å². The Labute approximate surface area is 91.8 Å². The number of nitrogens with zero attached hydrogens (tertiary/aromatic N) is 1. The summed E-state index contributed by atoms with van der Waals surface area (Å²) < 4.78 is 5.71. The number of nitriles is 1. The summed E-state index contributed by atoms with van der Waals surface area (Å²) in [7, 11) is 0. The van der Waals surface area contributed by atoms with Crippen LogP contribution >= 0.6 is 0 Å². The van der Waals surface area contributed by atoms with Crippen molar-refractivity contribution in [2.24, 2.45) is 0 Å². The van der Waals surface area contributed by atoms with Crippen LogP contribution in [0.1, 0.15) is 33.1 Å². The Morgan fingerprint density at radius 1 is 1.60 bits per heavy atom. The van der Waals surface area contributed by atoms with Crippen molar-refractivity contribution < 1.29 is 4.74 Å². The Morgan fingerprint density at radius 3 is 2.87 bits per heavy atom. The second-order valence-electron chi connectivity index (χ2n) is 4.33. The molecule has 0 radical (unpaired) electrons. The maximum Gasteiger partial charge on any atom is 0.112 e. The van der Waals surface area contributed by atoms with Crippen molar-refractivity contribution in [3.8, 4) is 18.4 Å². The van der Waals surface area contributed by atoms with Crippen LogP contribution in [0, 0.1) is 23.7 Å². The van der Waals surface area contributed by atoms with E-state index in [0.717, 1.165) is 6.42 Å². The molecule has 0 aromatic carbocycles. The zero-order valence-electron chi connectivity index (χ0n) is 9.47. The van der Waals surface area contributed by atoms with E-state index in [2.05, 4.69) is 31.2 Å². The molecule has 0 saturated carbocycles. The van der Waals surface area contributed by atoms with E-state index in [1.807, 2.05) is 0 Å². The molecule has 1 rings (SSSR count). The van der Waals surface area contributed by atoms with E-state index in [9.17, 15) is 5.26 Å². The number of nitrogens with one attached hydrogen (secondary N) is 1. The Bertz CT molecular complexity index is 302. The predicted molar refractivity (Wildman–Crippen MR) is 59.1 cm³/mol. The first-order chi connectivity index (χ1) is 7.10. The van der Waals surface area contributed by atoms with Gasteiger partial charge in [-0.05, 0) is 13.3 Å². The molecule has 1 aliphatic rings. The minimum Gasteiger partial charge on any atom is -0.375 e. The first-order valence-electron chi connectivity index (χ1n) is 5.33. The molecule has 0 aliphatic carbocycles. The average Bonchev–Trinajstić information content (AvgIpc) is 2.27. The standard InChI is InChI=1S/C12H18N2O/c1-4-7-14-12(10-13)6-8-15-11(3,5-2)9-12/h1,14H,5-9H2,2-3H3. The van der Waals surface area contributed by atoms with Gasteiger partial charge in [-0.3, -0.25) is 5.32 Å². The van der Waals surface area contributed by atoms with E-state index in [4.69, 9.17) is 11.2 Å². The molecular formula is C12H18N2O. The van der Waals surface area contributed by atoms with Crippen LogP contribution in [0.15, 0.2) is 0 Å². The molecule has 82 valence electrons. The van der Waals surface area contributed by atoms with Crippen LogP contribution in [0.3, 0.4) is 0 Å². The van der Waals surface area contributed by atoms with Gasteiger partial charge in [-0.15, -0.1) is 6.42 Å². The van der Waals surface area contributed by atoms with Gasteiger partial charge in [-0.25, -0.2) is 0 Å². The third-order valence-electron chi connectivity index (χ3n) is 3.15. The summed E-state index contributed by atoms with van der Waals surface area (Å²) in [6.07, 6.45) is 7.53. The summed E-state index contributed by atoms with van der Waals surface area (Å²) in [4.78, 5) is 0. The lowest BCUT2D eigenvalue weighted by atomic mass is 9.80. The fourth-order valence-corrected chi connectivity index (χ4v) is 1.98. The van der Waals surface area contributed by atoms with Gasteiger partial charge in [0.05, 0.1) is 24.8 Å². The molecular weight excluding hydrogens is 188 g/mol. The molecule has 1 aliphatic heterocycles. The molecule has 0 spiro atoms. The van der Waals surface area contributed by atoms with E-state index < -0.39 is 5.54 Å². The number of hydrogen-bond donors (Lipinski definition) is 1. The van der Waals surface area contributed by atoms with Gasteiger partial charge in [0.2, 0.25) is 0 Å². The Morgan fingerprint density at radius 2 is 2.33 bits per heavy atom.